The Morgan fingerprint density at radius 2 is 1.95 bits per heavy atom. The second-order valence-corrected chi connectivity index (χ2v) is 5.94. The van der Waals surface area contributed by atoms with Gasteiger partial charge in [-0.05, 0) is 30.6 Å². The highest BCUT2D eigenvalue weighted by Gasteiger charge is 2.36. The Labute approximate surface area is 113 Å². The molecule has 0 bridgehead atoms. The molecule has 1 amide bonds. The van der Waals surface area contributed by atoms with E-state index >= 15 is 0 Å². The summed E-state index contributed by atoms with van der Waals surface area (Å²) in [5.41, 5.74) is 0.849. The molecule has 102 valence electrons. The summed E-state index contributed by atoms with van der Waals surface area (Å²) in [7, 11) is 0. The molecule has 2 aliphatic rings. The van der Waals surface area contributed by atoms with Crippen LogP contribution < -0.4 is 0 Å². The number of carbonyl (C=O) groups excluding carboxylic acids is 1. The van der Waals surface area contributed by atoms with Crippen LogP contribution in [0.25, 0.3) is 0 Å². The van der Waals surface area contributed by atoms with Crippen molar-refractivity contribution in [2.24, 2.45) is 11.8 Å². The number of fused-ring (bicyclic) bond motifs is 1. The fraction of sp³-hybridized carbons (Fsp3) is 0.600. The number of aromatic nitrogens is 1. The minimum Gasteiger partial charge on any atom is -0.351 e. The van der Waals surface area contributed by atoms with Gasteiger partial charge in [0.25, 0.3) is 5.91 Å². The summed E-state index contributed by atoms with van der Waals surface area (Å²) in [6.45, 7) is 5.79. The molecule has 1 saturated heterocycles. The van der Waals surface area contributed by atoms with Gasteiger partial charge >= 0.3 is 0 Å². The number of allylic oxidation sites excluding steroid dienone is 2. The average Bonchev–Trinajstić information content (AvgIpc) is 3.04. The van der Waals surface area contributed by atoms with E-state index in [0.29, 0.717) is 17.6 Å². The van der Waals surface area contributed by atoms with Crippen LogP contribution in [0.15, 0.2) is 22.7 Å². The van der Waals surface area contributed by atoms with E-state index in [1.54, 1.807) is 6.07 Å². The fourth-order valence-electron chi connectivity index (χ4n) is 3.00. The van der Waals surface area contributed by atoms with Crippen molar-refractivity contribution in [3.05, 3.63) is 29.7 Å². The summed E-state index contributed by atoms with van der Waals surface area (Å²) in [6.07, 6.45) is 6.67. The molecule has 0 aromatic carbocycles. The number of nitrogens with zero attached hydrogens (tertiary/aromatic N) is 2. The maximum absolute atomic E-state index is 12.4. The summed E-state index contributed by atoms with van der Waals surface area (Å²) in [6, 6.07) is 1.78. The van der Waals surface area contributed by atoms with Crippen molar-refractivity contribution >= 4 is 5.91 Å². The first kappa shape index (κ1) is 12.5. The van der Waals surface area contributed by atoms with Crippen molar-refractivity contribution in [2.45, 2.75) is 32.6 Å². The predicted molar refractivity (Wildman–Crippen MR) is 71.8 cm³/mol. The lowest BCUT2D eigenvalue weighted by molar-refractivity contribution is 0.0742. The van der Waals surface area contributed by atoms with Gasteiger partial charge < -0.3 is 9.42 Å². The minimum atomic E-state index is -0.00574. The zero-order valence-electron chi connectivity index (χ0n) is 11.5. The van der Waals surface area contributed by atoms with Crippen molar-refractivity contribution in [3.8, 4) is 0 Å². The van der Waals surface area contributed by atoms with E-state index in [0.717, 1.165) is 31.6 Å². The third kappa shape index (κ3) is 2.31. The van der Waals surface area contributed by atoms with E-state index in [2.05, 4.69) is 17.3 Å². The predicted octanol–water partition coefficient (Wildman–Crippen LogP) is 2.84. The van der Waals surface area contributed by atoms with Gasteiger partial charge in [-0.25, -0.2) is 0 Å². The van der Waals surface area contributed by atoms with Gasteiger partial charge in [0.15, 0.2) is 0 Å². The second-order valence-electron chi connectivity index (χ2n) is 5.94. The van der Waals surface area contributed by atoms with Gasteiger partial charge in [0.05, 0.1) is 5.69 Å². The summed E-state index contributed by atoms with van der Waals surface area (Å²) in [4.78, 5) is 14.3. The number of hydrogen-bond donors (Lipinski definition) is 0. The largest absolute Gasteiger partial charge is 0.351 e. The van der Waals surface area contributed by atoms with Crippen molar-refractivity contribution in [3.63, 3.8) is 0 Å². The molecule has 4 nitrogen and oxygen atoms in total. The Kier molecular flexibility index (Phi) is 3.17. The Balaban J connectivity index is 1.71. The van der Waals surface area contributed by atoms with Gasteiger partial charge in [0, 0.05) is 19.2 Å². The third-order valence-electron chi connectivity index (χ3n) is 4.24. The minimum absolute atomic E-state index is 0.00574. The van der Waals surface area contributed by atoms with E-state index < -0.39 is 0 Å². The normalized spacial score (nSPS) is 25.9. The number of hydrogen-bond acceptors (Lipinski definition) is 3. The van der Waals surface area contributed by atoms with E-state index in [-0.39, 0.29) is 11.8 Å². The SMILES string of the molecule is CC(C)c1cc(C(=O)N2CC3CC=CCC3C2)on1. The maximum atomic E-state index is 12.4. The van der Waals surface area contributed by atoms with Gasteiger partial charge in [-0.2, -0.15) is 0 Å². The third-order valence-corrected chi connectivity index (χ3v) is 4.24. The van der Waals surface area contributed by atoms with Crippen LogP contribution in [0, 0.1) is 11.8 Å². The highest BCUT2D eigenvalue weighted by Crippen LogP contribution is 2.33. The molecule has 1 aromatic rings. The molecular formula is C15H20N2O2. The molecule has 3 rings (SSSR count). The first-order valence-corrected chi connectivity index (χ1v) is 7.06. The Hall–Kier alpha value is -1.58. The zero-order valence-corrected chi connectivity index (χ0v) is 11.5. The van der Waals surface area contributed by atoms with Crippen LogP contribution in [0.2, 0.25) is 0 Å². The lowest BCUT2D eigenvalue weighted by Crippen LogP contribution is -2.28. The van der Waals surface area contributed by atoms with Gasteiger partial charge in [0.2, 0.25) is 5.76 Å². The molecule has 1 aliphatic heterocycles. The average molecular weight is 260 g/mol. The lowest BCUT2D eigenvalue weighted by atomic mass is 9.86. The number of amides is 1. The van der Waals surface area contributed by atoms with E-state index in [9.17, 15) is 4.79 Å². The second kappa shape index (κ2) is 4.83. The highest BCUT2D eigenvalue weighted by atomic mass is 16.5. The molecule has 4 heteroatoms. The van der Waals surface area contributed by atoms with Crippen LogP contribution in [0.5, 0.6) is 0 Å². The van der Waals surface area contributed by atoms with Gasteiger partial charge in [-0.1, -0.05) is 31.2 Å². The molecule has 1 fully saturated rings. The number of rotatable bonds is 2. The molecule has 0 saturated carbocycles. The molecule has 2 unspecified atom stereocenters. The molecule has 0 radical (unpaired) electrons. The topological polar surface area (TPSA) is 46.3 Å². The van der Waals surface area contributed by atoms with Crippen LogP contribution in [-0.4, -0.2) is 29.1 Å². The Morgan fingerprint density at radius 3 is 2.47 bits per heavy atom. The molecule has 2 atom stereocenters. The Bertz CT molecular complexity index is 488. The van der Waals surface area contributed by atoms with Crippen LogP contribution in [0.4, 0.5) is 0 Å². The lowest BCUT2D eigenvalue weighted by Gasteiger charge is -2.17. The first-order valence-electron chi connectivity index (χ1n) is 7.06. The highest BCUT2D eigenvalue weighted by molar-refractivity contribution is 5.91. The van der Waals surface area contributed by atoms with Crippen LogP contribution >= 0.6 is 0 Å². The quantitative estimate of drug-likeness (QED) is 0.768. The molecule has 19 heavy (non-hydrogen) atoms. The van der Waals surface area contributed by atoms with E-state index in [1.807, 2.05) is 18.7 Å². The summed E-state index contributed by atoms with van der Waals surface area (Å²) in [5, 5.41) is 3.96. The summed E-state index contributed by atoms with van der Waals surface area (Å²) in [5.74, 6) is 1.92. The van der Waals surface area contributed by atoms with E-state index in [1.165, 1.54) is 0 Å². The van der Waals surface area contributed by atoms with E-state index in [4.69, 9.17) is 4.52 Å². The summed E-state index contributed by atoms with van der Waals surface area (Å²) >= 11 is 0. The number of carbonyl (C=O) groups is 1. The van der Waals surface area contributed by atoms with Gasteiger partial charge in [-0.3, -0.25) is 4.79 Å². The smallest absolute Gasteiger partial charge is 0.292 e. The molecule has 1 aromatic heterocycles. The van der Waals surface area contributed by atoms with Crippen LogP contribution in [0.3, 0.4) is 0 Å². The fourth-order valence-corrected chi connectivity index (χ4v) is 3.00. The first-order chi connectivity index (χ1) is 9.15. The Morgan fingerprint density at radius 1 is 1.32 bits per heavy atom. The maximum Gasteiger partial charge on any atom is 0.292 e. The molecule has 0 spiro atoms. The molecule has 2 heterocycles. The molecule has 1 aliphatic carbocycles. The van der Waals surface area contributed by atoms with Gasteiger partial charge in [0.1, 0.15) is 0 Å². The van der Waals surface area contributed by atoms with Crippen molar-refractivity contribution < 1.29 is 9.32 Å². The monoisotopic (exact) mass is 260 g/mol. The number of likely N-dealkylation sites (tertiary alicyclic amines) is 1. The zero-order chi connectivity index (χ0) is 13.4. The van der Waals surface area contributed by atoms with Crippen molar-refractivity contribution in [1.29, 1.82) is 0 Å². The summed E-state index contributed by atoms with van der Waals surface area (Å²) < 4.78 is 5.20. The van der Waals surface area contributed by atoms with Crippen LogP contribution in [0.1, 0.15) is 48.9 Å². The molecular weight excluding hydrogens is 240 g/mol. The molecule has 0 N–H and O–H groups in total. The van der Waals surface area contributed by atoms with Crippen LogP contribution in [-0.2, 0) is 0 Å². The van der Waals surface area contributed by atoms with Crippen molar-refractivity contribution in [2.75, 3.05) is 13.1 Å². The van der Waals surface area contributed by atoms with Crippen molar-refractivity contribution in [1.82, 2.24) is 10.1 Å². The van der Waals surface area contributed by atoms with Gasteiger partial charge in [-0.15, -0.1) is 0 Å². The standard InChI is InChI=1S/C15H20N2O2/c1-10(2)13-7-14(19-16-13)15(18)17-8-11-5-3-4-6-12(11)9-17/h3-4,7,10-12H,5-6,8-9H2,1-2H3.